The Morgan fingerprint density at radius 2 is 1.85 bits per heavy atom. The van der Waals surface area contributed by atoms with E-state index in [1.54, 1.807) is 0 Å². The minimum atomic E-state index is 0. The van der Waals surface area contributed by atoms with E-state index in [0.717, 1.165) is 6.42 Å². The second kappa shape index (κ2) is 9.59. The van der Waals surface area contributed by atoms with Crippen LogP contribution in [0.1, 0.15) is 49.9 Å². The van der Waals surface area contributed by atoms with Crippen LogP contribution in [-0.2, 0) is 12.8 Å². The zero-order valence-electron chi connectivity index (χ0n) is 12.9. The van der Waals surface area contributed by atoms with Crippen molar-refractivity contribution in [3.05, 3.63) is 29.1 Å². The first-order chi connectivity index (χ1) is 8.76. The molecule has 1 aromatic heterocycles. The maximum atomic E-state index is 4.61. The molecule has 0 fully saturated rings. The fraction of sp³-hybridized carbons (Fsp3) is 0.688. The van der Waals surface area contributed by atoms with E-state index in [9.17, 15) is 0 Å². The van der Waals surface area contributed by atoms with Gasteiger partial charge in [-0.3, -0.25) is 4.98 Å². The average molecular weight is 319 g/mol. The second-order valence-corrected chi connectivity index (χ2v) is 5.49. The minimum absolute atomic E-state index is 0. The molecule has 20 heavy (non-hydrogen) atoms. The van der Waals surface area contributed by atoms with Crippen molar-refractivity contribution < 1.29 is 0 Å². The highest BCUT2D eigenvalue weighted by molar-refractivity contribution is 5.85. The Bertz CT molecular complexity index is 390. The number of aromatic nitrogens is 1. The third kappa shape index (κ3) is 4.61. The van der Waals surface area contributed by atoms with Gasteiger partial charge in [0.25, 0.3) is 0 Å². The summed E-state index contributed by atoms with van der Waals surface area (Å²) >= 11 is 0. The zero-order chi connectivity index (χ0) is 13.0. The number of nitrogens with zero attached hydrogens (tertiary/aromatic N) is 2. The van der Waals surface area contributed by atoms with E-state index in [2.05, 4.69) is 36.7 Å². The number of hydrogen-bond donors (Lipinski definition) is 0. The molecule has 1 atom stereocenters. The van der Waals surface area contributed by atoms with Crippen LogP contribution in [-0.4, -0.2) is 29.0 Å². The Kier molecular flexibility index (Phi) is 9.45. The molecule has 0 N–H and O–H groups in total. The summed E-state index contributed by atoms with van der Waals surface area (Å²) in [7, 11) is 0. The largest absolute Gasteiger partial charge is 0.300 e. The molecule has 1 aliphatic rings. The van der Waals surface area contributed by atoms with E-state index >= 15 is 0 Å². The molecule has 0 aliphatic heterocycles. The van der Waals surface area contributed by atoms with Gasteiger partial charge in [-0.15, -0.1) is 24.8 Å². The molecule has 0 radical (unpaired) electrons. The first-order valence-electron chi connectivity index (χ1n) is 7.43. The lowest BCUT2D eigenvalue weighted by Gasteiger charge is -2.34. The highest BCUT2D eigenvalue weighted by Crippen LogP contribution is 2.25. The van der Waals surface area contributed by atoms with Gasteiger partial charge in [-0.05, 0) is 62.9 Å². The summed E-state index contributed by atoms with van der Waals surface area (Å²) in [5, 5.41) is 0. The Balaban J connectivity index is 0.00000180. The number of halogens is 2. The van der Waals surface area contributed by atoms with Gasteiger partial charge in [0.15, 0.2) is 0 Å². The highest BCUT2D eigenvalue weighted by atomic mass is 35.5. The van der Waals surface area contributed by atoms with Gasteiger partial charge in [0, 0.05) is 24.4 Å². The van der Waals surface area contributed by atoms with Crippen LogP contribution in [0.2, 0.25) is 0 Å². The predicted octanol–water partition coefficient (Wildman–Crippen LogP) is 4.21. The summed E-state index contributed by atoms with van der Waals surface area (Å²) in [6.45, 7) is 9.25. The number of hydrogen-bond acceptors (Lipinski definition) is 2. The third-order valence-electron chi connectivity index (χ3n) is 4.07. The van der Waals surface area contributed by atoms with Gasteiger partial charge in [0.05, 0.1) is 0 Å². The number of rotatable bonds is 5. The van der Waals surface area contributed by atoms with E-state index in [1.165, 1.54) is 55.6 Å². The summed E-state index contributed by atoms with van der Waals surface area (Å²) in [6.07, 6.45) is 8.15. The quantitative estimate of drug-likeness (QED) is 0.808. The topological polar surface area (TPSA) is 16.1 Å². The predicted molar refractivity (Wildman–Crippen MR) is 91.4 cm³/mol. The fourth-order valence-corrected chi connectivity index (χ4v) is 3.16. The van der Waals surface area contributed by atoms with Gasteiger partial charge in [-0.2, -0.15) is 0 Å². The third-order valence-corrected chi connectivity index (χ3v) is 4.07. The van der Waals surface area contributed by atoms with Crippen molar-refractivity contribution in [1.29, 1.82) is 0 Å². The zero-order valence-corrected chi connectivity index (χ0v) is 14.5. The molecular weight excluding hydrogens is 291 g/mol. The normalized spacial score (nSPS) is 17.1. The van der Waals surface area contributed by atoms with Crippen LogP contribution in [0.4, 0.5) is 0 Å². The molecule has 2 rings (SSSR count). The lowest BCUT2D eigenvalue weighted by atomic mass is 9.88. The van der Waals surface area contributed by atoms with E-state index in [4.69, 9.17) is 0 Å². The van der Waals surface area contributed by atoms with Crippen molar-refractivity contribution in [2.75, 3.05) is 13.1 Å². The number of aryl methyl sites for hydroxylation is 1. The molecule has 116 valence electrons. The monoisotopic (exact) mass is 318 g/mol. The Labute approximate surface area is 136 Å². The number of fused-ring (bicyclic) bond motifs is 1. The van der Waals surface area contributed by atoms with Gasteiger partial charge in [-0.25, -0.2) is 0 Å². The van der Waals surface area contributed by atoms with E-state index in [-0.39, 0.29) is 24.8 Å². The van der Waals surface area contributed by atoms with Crippen molar-refractivity contribution in [2.24, 2.45) is 0 Å². The fourth-order valence-electron chi connectivity index (χ4n) is 3.16. The maximum absolute atomic E-state index is 4.61. The highest BCUT2D eigenvalue weighted by Gasteiger charge is 2.24. The maximum Gasteiger partial charge on any atom is 0.0453 e. The molecule has 0 amide bonds. The lowest BCUT2D eigenvalue weighted by Crippen LogP contribution is -2.40. The molecule has 0 saturated heterocycles. The standard InChI is InChI=1S/C16H26N2.2ClH/c1-4-10-18(11-5-2)14-6-7-15-13(3)8-9-17-16(15)12-14;;/h8-9,14H,4-7,10-12H2,1-3H3;2*1H. The van der Waals surface area contributed by atoms with Crippen molar-refractivity contribution in [3.63, 3.8) is 0 Å². The Morgan fingerprint density at radius 3 is 2.45 bits per heavy atom. The van der Waals surface area contributed by atoms with Crippen LogP contribution in [0.5, 0.6) is 0 Å². The second-order valence-electron chi connectivity index (χ2n) is 5.49. The van der Waals surface area contributed by atoms with Crippen molar-refractivity contribution in [1.82, 2.24) is 9.88 Å². The smallest absolute Gasteiger partial charge is 0.0453 e. The van der Waals surface area contributed by atoms with E-state index in [0.29, 0.717) is 6.04 Å². The molecule has 0 bridgehead atoms. The summed E-state index contributed by atoms with van der Waals surface area (Å²) in [5.74, 6) is 0. The molecule has 0 aromatic carbocycles. The van der Waals surface area contributed by atoms with E-state index < -0.39 is 0 Å². The number of pyridine rings is 1. The molecular formula is C16H28Cl2N2. The Hall–Kier alpha value is -0.310. The molecule has 1 aliphatic carbocycles. The van der Waals surface area contributed by atoms with Gasteiger partial charge >= 0.3 is 0 Å². The van der Waals surface area contributed by atoms with Crippen LogP contribution >= 0.6 is 24.8 Å². The van der Waals surface area contributed by atoms with Crippen LogP contribution < -0.4 is 0 Å². The molecule has 2 nitrogen and oxygen atoms in total. The van der Waals surface area contributed by atoms with Crippen LogP contribution in [0.3, 0.4) is 0 Å². The van der Waals surface area contributed by atoms with Crippen molar-refractivity contribution >= 4 is 24.8 Å². The van der Waals surface area contributed by atoms with Crippen molar-refractivity contribution in [2.45, 2.75) is 58.9 Å². The first kappa shape index (κ1) is 19.7. The molecule has 1 aromatic rings. The van der Waals surface area contributed by atoms with Crippen LogP contribution in [0, 0.1) is 6.92 Å². The molecule has 0 spiro atoms. The van der Waals surface area contributed by atoms with E-state index in [1.807, 2.05) is 6.20 Å². The first-order valence-corrected chi connectivity index (χ1v) is 7.43. The van der Waals surface area contributed by atoms with Gasteiger partial charge in [-0.1, -0.05) is 13.8 Å². The summed E-state index contributed by atoms with van der Waals surface area (Å²) < 4.78 is 0. The van der Waals surface area contributed by atoms with Gasteiger partial charge in [0.1, 0.15) is 0 Å². The minimum Gasteiger partial charge on any atom is -0.300 e. The molecule has 4 heteroatoms. The lowest BCUT2D eigenvalue weighted by molar-refractivity contribution is 0.178. The Morgan fingerprint density at radius 1 is 1.20 bits per heavy atom. The van der Waals surface area contributed by atoms with Crippen LogP contribution in [0.25, 0.3) is 0 Å². The van der Waals surface area contributed by atoms with Gasteiger partial charge < -0.3 is 4.90 Å². The van der Waals surface area contributed by atoms with Gasteiger partial charge in [0.2, 0.25) is 0 Å². The SMILES string of the molecule is CCCN(CCC)C1CCc2c(C)ccnc2C1.Cl.Cl. The van der Waals surface area contributed by atoms with Crippen molar-refractivity contribution in [3.8, 4) is 0 Å². The average Bonchev–Trinajstić information content (AvgIpc) is 2.38. The molecule has 1 heterocycles. The summed E-state index contributed by atoms with van der Waals surface area (Å²) in [6, 6.07) is 2.86. The summed E-state index contributed by atoms with van der Waals surface area (Å²) in [5.41, 5.74) is 4.29. The molecule has 0 saturated carbocycles. The van der Waals surface area contributed by atoms with Crippen LogP contribution in [0.15, 0.2) is 12.3 Å². The molecule has 1 unspecified atom stereocenters. The summed E-state index contributed by atoms with van der Waals surface area (Å²) in [4.78, 5) is 7.28.